The van der Waals surface area contributed by atoms with Gasteiger partial charge < -0.3 is 10.6 Å². The lowest BCUT2D eigenvalue weighted by Gasteiger charge is -2.23. The predicted molar refractivity (Wildman–Crippen MR) is 85.1 cm³/mol. The van der Waals surface area contributed by atoms with E-state index in [4.69, 9.17) is 0 Å². The fourth-order valence-corrected chi connectivity index (χ4v) is 2.88. The van der Waals surface area contributed by atoms with Crippen LogP contribution < -0.4 is 10.6 Å². The summed E-state index contributed by atoms with van der Waals surface area (Å²) >= 11 is 0. The largest absolute Gasteiger partial charge is 0.336 e. The van der Waals surface area contributed by atoms with Gasteiger partial charge in [0.25, 0.3) is 5.69 Å². The molecular weight excluding hydrogens is 284 g/mol. The Kier molecular flexibility index (Phi) is 5.32. The zero-order valence-corrected chi connectivity index (χ0v) is 13.0. The van der Waals surface area contributed by atoms with Gasteiger partial charge >= 0.3 is 6.03 Å². The maximum atomic E-state index is 12.0. The maximum absolute atomic E-state index is 12.0. The zero-order valence-electron chi connectivity index (χ0n) is 13.0. The van der Waals surface area contributed by atoms with E-state index in [2.05, 4.69) is 22.5 Å². The maximum Gasteiger partial charge on any atom is 0.319 e. The van der Waals surface area contributed by atoms with E-state index in [0.717, 1.165) is 25.9 Å². The summed E-state index contributed by atoms with van der Waals surface area (Å²) in [5.74, 6) is 0. The molecule has 0 saturated carbocycles. The molecule has 7 heteroatoms. The van der Waals surface area contributed by atoms with Crippen molar-refractivity contribution >= 4 is 17.4 Å². The van der Waals surface area contributed by atoms with Gasteiger partial charge in [0.2, 0.25) is 0 Å². The number of benzene rings is 1. The summed E-state index contributed by atoms with van der Waals surface area (Å²) in [6.07, 6.45) is 2.25. The minimum atomic E-state index is -0.448. The number of nitro groups is 1. The second-order valence-corrected chi connectivity index (χ2v) is 5.47. The number of nitrogens with one attached hydrogen (secondary N) is 2. The summed E-state index contributed by atoms with van der Waals surface area (Å²) in [5.41, 5.74) is 0.926. The Hall–Kier alpha value is -2.15. The van der Waals surface area contributed by atoms with Gasteiger partial charge in [0.15, 0.2) is 0 Å². The van der Waals surface area contributed by atoms with Crippen LogP contribution in [0, 0.1) is 17.0 Å². The fraction of sp³-hybridized carbons (Fsp3) is 0.533. The molecule has 120 valence electrons. The van der Waals surface area contributed by atoms with Gasteiger partial charge in [0.05, 0.1) is 16.2 Å². The monoisotopic (exact) mass is 306 g/mol. The molecule has 2 N–H and O–H groups in total. The van der Waals surface area contributed by atoms with Crippen LogP contribution in [0.5, 0.6) is 0 Å². The normalized spacial score (nSPS) is 18.2. The number of likely N-dealkylation sites (N-methyl/N-ethyl adjacent to an activating group) is 1. The summed E-state index contributed by atoms with van der Waals surface area (Å²) in [7, 11) is 0. The molecule has 2 amide bonds. The molecule has 1 atom stereocenters. The molecule has 0 aliphatic carbocycles. The number of amides is 2. The highest BCUT2D eigenvalue weighted by Gasteiger charge is 2.23. The van der Waals surface area contributed by atoms with Crippen molar-refractivity contribution in [3.8, 4) is 0 Å². The van der Waals surface area contributed by atoms with Crippen molar-refractivity contribution in [2.75, 3.05) is 25.0 Å². The molecule has 1 fully saturated rings. The summed E-state index contributed by atoms with van der Waals surface area (Å²) < 4.78 is 0. The number of likely N-dealkylation sites (tertiary alicyclic amines) is 1. The SMILES string of the molecule is CCN1CCC[C@H]1CNC(=O)Nc1cccc([N+](=O)[O-])c1C. The Labute approximate surface area is 129 Å². The number of urea groups is 1. The lowest BCUT2D eigenvalue weighted by atomic mass is 10.1. The van der Waals surface area contributed by atoms with Crippen molar-refractivity contribution in [1.29, 1.82) is 0 Å². The number of hydrogen-bond acceptors (Lipinski definition) is 4. The van der Waals surface area contributed by atoms with Gasteiger partial charge in [-0.2, -0.15) is 0 Å². The topological polar surface area (TPSA) is 87.5 Å². The standard InChI is InChI=1S/C15H22N4O3/c1-3-18-9-5-6-12(18)10-16-15(20)17-13-7-4-8-14(11(13)2)19(21)22/h4,7-8,12H,3,5-6,9-10H2,1-2H3,(H2,16,17,20)/t12-/m0/s1. The summed E-state index contributed by atoms with van der Waals surface area (Å²) in [6, 6.07) is 4.70. The first-order valence-corrected chi connectivity index (χ1v) is 7.55. The molecule has 7 nitrogen and oxygen atoms in total. The zero-order chi connectivity index (χ0) is 16.1. The van der Waals surface area contributed by atoms with E-state index in [-0.39, 0.29) is 11.7 Å². The molecule has 0 radical (unpaired) electrons. The van der Waals surface area contributed by atoms with E-state index in [1.807, 2.05) is 0 Å². The van der Waals surface area contributed by atoms with Crippen molar-refractivity contribution in [2.24, 2.45) is 0 Å². The van der Waals surface area contributed by atoms with Crippen LogP contribution in [0.1, 0.15) is 25.3 Å². The molecule has 1 aromatic rings. The van der Waals surface area contributed by atoms with Crippen molar-refractivity contribution in [2.45, 2.75) is 32.7 Å². The van der Waals surface area contributed by atoms with E-state index in [0.29, 0.717) is 23.8 Å². The van der Waals surface area contributed by atoms with Crippen molar-refractivity contribution in [3.63, 3.8) is 0 Å². The van der Waals surface area contributed by atoms with Crippen molar-refractivity contribution in [1.82, 2.24) is 10.2 Å². The number of rotatable bonds is 5. The van der Waals surface area contributed by atoms with Crippen LogP contribution in [-0.4, -0.2) is 41.5 Å². The Morgan fingerprint density at radius 3 is 2.95 bits per heavy atom. The number of anilines is 1. The number of hydrogen-bond donors (Lipinski definition) is 2. The molecule has 1 heterocycles. The predicted octanol–water partition coefficient (Wildman–Crippen LogP) is 2.51. The van der Waals surface area contributed by atoms with Crippen LogP contribution in [-0.2, 0) is 0 Å². The molecule has 0 aromatic heterocycles. The van der Waals surface area contributed by atoms with Crippen molar-refractivity contribution < 1.29 is 9.72 Å². The number of nitro benzene ring substituents is 1. The average Bonchev–Trinajstić information content (AvgIpc) is 2.94. The first-order chi connectivity index (χ1) is 10.5. The van der Waals surface area contributed by atoms with E-state index in [1.165, 1.54) is 6.07 Å². The Morgan fingerprint density at radius 2 is 2.27 bits per heavy atom. The lowest BCUT2D eigenvalue weighted by molar-refractivity contribution is -0.385. The lowest BCUT2D eigenvalue weighted by Crippen LogP contribution is -2.41. The quantitative estimate of drug-likeness (QED) is 0.646. The van der Waals surface area contributed by atoms with Gasteiger partial charge in [-0.3, -0.25) is 15.0 Å². The molecular formula is C15H22N4O3. The van der Waals surface area contributed by atoms with Gasteiger partial charge in [-0.25, -0.2) is 4.79 Å². The number of nitrogens with zero attached hydrogens (tertiary/aromatic N) is 2. The molecule has 1 saturated heterocycles. The molecule has 0 spiro atoms. The highest BCUT2D eigenvalue weighted by atomic mass is 16.6. The second kappa shape index (κ2) is 7.22. The first kappa shape index (κ1) is 16.2. The molecule has 1 aliphatic heterocycles. The first-order valence-electron chi connectivity index (χ1n) is 7.55. The number of carbonyl (C=O) groups excluding carboxylic acids is 1. The molecule has 1 aliphatic rings. The molecule has 0 bridgehead atoms. The van der Waals surface area contributed by atoms with Gasteiger partial charge in [0.1, 0.15) is 0 Å². The molecule has 0 unspecified atom stereocenters. The third-order valence-corrected chi connectivity index (χ3v) is 4.15. The molecule has 2 rings (SSSR count). The Balaban J connectivity index is 1.92. The van der Waals surface area contributed by atoms with E-state index in [9.17, 15) is 14.9 Å². The molecule has 1 aromatic carbocycles. The van der Waals surface area contributed by atoms with Crippen LogP contribution in [0.3, 0.4) is 0 Å². The van der Waals surface area contributed by atoms with E-state index in [1.54, 1.807) is 19.1 Å². The van der Waals surface area contributed by atoms with Crippen molar-refractivity contribution in [3.05, 3.63) is 33.9 Å². The highest BCUT2D eigenvalue weighted by Crippen LogP contribution is 2.24. The third-order valence-electron chi connectivity index (χ3n) is 4.15. The smallest absolute Gasteiger partial charge is 0.319 e. The van der Waals surface area contributed by atoms with Gasteiger partial charge in [-0.05, 0) is 38.9 Å². The molecule has 22 heavy (non-hydrogen) atoms. The Bertz CT molecular complexity index is 562. The summed E-state index contributed by atoms with van der Waals surface area (Å²) in [5, 5.41) is 16.4. The fourth-order valence-electron chi connectivity index (χ4n) is 2.88. The third kappa shape index (κ3) is 3.73. The van der Waals surface area contributed by atoms with Crippen LogP contribution in [0.15, 0.2) is 18.2 Å². The van der Waals surface area contributed by atoms with Crippen LogP contribution in [0.2, 0.25) is 0 Å². The van der Waals surface area contributed by atoms with E-state index >= 15 is 0 Å². The van der Waals surface area contributed by atoms with Crippen LogP contribution >= 0.6 is 0 Å². The van der Waals surface area contributed by atoms with Gasteiger partial charge in [0, 0.05) is 18.7 Å². The minimum absolute atomic E-state index is 0.00533. The second-order valence-electron chi connectivity index (χ2n) is 5.47. The summed E-state index contributed by atoms with van der Waals surface area (Å²) in [6.45, 7) is 6.40. The minimum Gasteiger partial charge on any atom is -0.336 e. The Morgan fingerprint density at radius 1 is 1.50 bits per heavy atom. The van der Waals surface area contributed by atoms with Gasteiger partial charge in [-0.15, -0.1) is 0 Å². The average molecular weight is 306 g/mol. The van der Waals surface area contributed by atoms with E-state index < -0.39 is 4.92 Å². The number of carbonyl (C=O) groups is 1. The highest BCUT2D eigenvalue weighted by molar-refractivity contribution is 5.90. The van der Waals surface area contributed by atoms with Crippen LogP contribution in [0.4, 0.5) is 16.2 Å². The van der Waals surface area contributed by atoms with Gasteiger partial charge in [-0.1, -0.05) is 13.0 Å². The summed E-state index contributed by atoms with van der Waals surface area (Å²) in [4.78, 5) is 24.8. The van der Waals surface area contributed by atoms with Crippen LogP contribution in [0.25, 0.3) is 0 Å².